The van der Waals surface area contributed by atoms with Gasteiger partial charge in [-0.25, -0.2) is 4.98 Å². The van der Waals surface area contributed by atoms with E-state index in [0.717, 1.165) is 31.4 Å². The lowest BCUT2D eigenvalue weighted by molar-refractivity contribution is -0.128. The summed E-state index contributed by atoms with van der Waals surface area (Å²) >= 11 is 1.68. The van der Waals surface area contributed by atoms with Gasteiger partial charge in [0.25, 0.3) is 0 Å². The van der Waals surface area contributed by atoms with Gasteiger partial charge in [0.1, 0.15) is 11.8 Å². The first-order chi connectivity index (χ1) is 10.6. The highest BCUT2D eigenvalue weighted by Gasteiger charge is 2.42. The molecule has 1 aliphatic rings. The average molecular weight is 318 g/mol. The van der Waals surface area contributed by atoms with Crippen LogP contribution >= 0.6 is 11.3 Å². The van der Waals surface area contributed by atoms with E-state index < -0.39 is 0 Å². The number of rotatable bonds is 4. The molecule has 0 saturated heterocycles. The number of hydrogen-bond acceptors (Lipinski definition) is 4. The molecule has 1 amide bonds. The van der Waals surface area contributed by atoms with Crippen molar-refractivity contribution < 1.29 is 9.21 Å². The van der Waals surface area contributed by atoms with Crippen molar-refractivity contribution in [3.05, 3.63) is 40.2 Å². The molecule has 5 heteroatoms. The van der Waals surface area contributed by atoms with Crippen molar-refractivity contribution >= 4 is 17.2 Å². The minimum atomic E-state index is -0.373. The van der Waals surface area contributed by atoms with Crippen LogP contribution in [0.5, 0.6) is 0 Å². The van der Waals surface area contributed by atoms with Gasteiger partial charge in [-0.1, -0.05) is 25.3 Å². The van der Waals surface area contributed by atoms with Crippen LogP contribution in [0.4, 0.5) is 0 Å². The van der Waals surface area contributed by atoms with E-state index in [0.29, 0.717) is 5.89 Å². The zero-order valence-electron chi connectivity index (χ0n) is 13.1. The molecule has 0 spiro atoms. The zero-order chi connectivity index (χ0) is 15.6. The number of oxazole rings is 1. The third kappa shape index (κ3) is 2.82. The van der Waals surface area contributed by atoms with E-state index >= 15 is 0 Å². The van der Waals surface area contributed by atoms with Crippen molar-refractivity contribution in [2.75, 3.05) is 0 Å². The molecule has 1 aliphatic carbocycles. The average Bonchev–Trinajstić information content (AvgIpc) is 3.19. The SMILES string of the molecule is Cc1cnc(C(C)NC(=O)C2(c3cccs3)CCCCC2)o1. The lowest BCUT2D eigenvalue weighted by Gasteiger charge is -2.35. The third-order valence-corrected chi connectivity index (χ3v) is 5.57. The van der Waals surface area contributed by atoms with Crippen LogP contribution in [0.2, 0.25) is 0 Å². The summed E-state index contributed by atoms with van der Waals surface area (Å²) < 4.78 is 5.53. The molecule has 4 nitrogen and oxygen atoms in total. The molecule has 22 heavy (non-hydrogen) atoms. The molecule has 1 unspecified atom stereocenters. The summed E-state index contributed by atoms with van der Waals surface area (Å²) in [5.41, 5.74) is -0.373. The first-order valence-corrected chi connectivity index (χ1v) is 8.77. The minimum absolute atomic E-state index is 0.109. The Bertz CT molecular complexity index is 627. The Morgan fingerprint density at radius 3 is 2.77 bits per heavy atom. The number of nitrogens with zero attached hydrogens (tertiary/aromatic N) is 1. The molecule has 2 aromatic rings. The second-order valence-corrected chi connectivity index (χ2v) is 7.07. The maximum Gasteiger partial charge on any atom is 0.232 e. The maximum atomic E-state index is 13.0. The van der Waals surface area contributed by atoms with Gasteiger partial charge in [-0.15, -0.1) is 11.3 Å². The predicted molar refractivity (Wildman–Crippen MR) is 86.9 cm³/mol. The summed E-state index contributed by atoms with van der Waals surface area (Å²) in [6, 6.07) is 3.92. The molecule has 3 rings (SSSR count). The highest BCUT2D eigenvalue weighted by Crippen LogP contribution is 2.42. The predicted octanol–water partition coefficient (Wildman–Crippen LogP) is 4.12. The van der Waals surface area contributed by atoms with Gasteiger partial charge in [-0.2, -0.15) is 0 Å². The van der Waals surface area contributed by atoms with Crippen molar-refractivity contribution in [1.82, 2.24) is 10.3 Å². The number of hydrogen-bond donors (Lipinski definition) is 1. The Hall–Kier alpha value is -1.62. The van der Waals surface area contributed by atoms with Crippen molar-refractivity contribution in [3.63, 3.8) is 0 Å². The first kappa shape index (κ1) is 15.3. The van der Waals surface area contributed by atoms with Crippen LogP contribution in [0, 0.1) is 6.92 Å². The molecule has 1 N–H and O–H groups in total. The summed E-state index contributed by atoms with van der Waals surface area (Å²) in [5, 5.41) is 5.18. The smallest absolute Gasteiger partial charge is 0.232 e. The van der Waals surface area contributed by atoms with Gasteiger partial charge in [-0.3, -0.25) is 4.79 Å². The largest absolute Gasteiger partial charge is 0.444 e. The fourth-order valence-electron chi connectivity index (χ4n) is 3.26. The second kappa shape index (κ2) is 6.24. The van der Waals surface area contributed by atoms with Crippen LogP contribution in [-0.4, -0.2) is 10.9 Å². The van der Waals surface area contributed by atoms with Crippen LogP contribution < -0.4 is 5.32 Å². The van der Waals surface area contributed by atoms with E-state index in [1.54, 1.807) is 17.5 Å². The van der Waals surface area contributed by atoms with Crippen molar-refractivity contribution in [1.29, 1.82) is 0 Å². The first-order valence-electron chi connectivity index (χ1n) is 7.89. The van der Waals surface area contributed by atoms with Crippen LogP contribution in [-0.2, 0) is 10.2 Å². The number of aromatic nitrogens is 1. The van der Waals surface area contributed by atoms with Crippen LogP contribution in [0.15, 0.2) is 28.1 Å². The van der Waals surface area contributed by atoms with Gasteiger partial charge in [0, 0.05) is 4.88 Å². The Kier molecular flexibility index (Phi) is 4.34. The van der Waals surface area contributed by atoms with E-state index in [2.05, 4.69) is 21.7 Å². The Labute approximate surface area is 134 Å². The monoisotopic (exact) mass is 318 g/mol. The maximum absolute atomic E-state index is 13.0. The molecule has 0 bridgehead atoms. The fourth-order valence-corrected chi connectivity index (χ4v) is 4.24. The van der Waals surface area contributed by atoms with E-state index in [4.69, 9.17) is 4.42 Å². The summed E-state index contributed by atoms with van der Waals surface area (Å²) in [5.74, 6) is 1.45. The van der Waals surface area contributed by atoms with E-state index in [9.17, 15) is 4.79 Å². The highest BCUT2D eigenvalue weighted by molar-refractivity contribution is 7.10. The van der Waals surface area contributed by atoms with E-state index in [1.165, 1.54) is 11.3 Å². The van der Waals surface area contributed by atoms with Crippen molar-refractivity contribution in [2.45, 2.75) is 57.4 Å². The number of thiophene rings is 1. The Balaban J connectivity index is 1.81. The zero-order valence-corrected chi connectivity index (χ0v) is 13.9. The number of amides is 1. The van der Waals surface area contributed by atoms with Gasteiger partial charge in [0.15, 0.2) is 0 Å². The fraction of sp³-hybridized carbons (Fsp3) is 0.529. The van der Waals surface area contributed by atoms with Gasteiger partial charge in [0.05, 0.1) is 11.6 Å². The topological polar surface area (TPSA) is 55.1 Å². The van der Waals surface area contributed by atoms with Crippen molar-refractivity contribution in [2.24, 2.45) is 0 Å². The molecule has 2 aromatic heterocycles. The van der Waals surface area contributed by atoms with Crippen LogP contribution in [0.25, 0.3) is 0 Å². The number of carbonyl (C=O) groups is 1. The molecular weight excluding hydrogens is 296 g/mol. The normalized spacial score (nSPS) is 18.8. The Morgan fingerprint density at radius 2 is 2.18 bits per heavy atom. The molecule has 2 heterocycles. The number of nitrogens with one attached hydrogen (secondary N) is 1. The molecule has 0 aromatic carbocycles. The molecule has 0 radical (unpaired) electrons. The molecule has 1 fully saturated rings. The van der Waals surface area contributed by atoms with Crippen LogP contribution in [0.3, 0.4) is 0 Å². The minimum Gasteiger partial charge on any atom is -0.444 e. The molecular formula is C17H22N2O2S. The van der Waals surface area contributed by atoms with Crippen LogP contribution in [0.1, 0.15) is 61.6 Å². The highest BCUT2D eigenvalue weighted by atomic mass is 32.1. The van der Waals surface area contributed by atoms with Gasteiger partial charge < -0.3 is 9.73 Å². The number of carbonyl (C=O) groups excluding carboxylic acids is 1. The Morgan fingerprint density at radius 1 is 1.41 bits per heavy atom. The van der Waals surface area contributed by atoms with Gasteiger partial charge >= 0.3 is 0 Å². The third-order valence-electron chi connectivity index (χ3n) is 4.49. The standard InChI is InChI=1S/C17H22N2O2S/c1-12-11-18-15(21-12)13(2)19-16(20)17(8-4-3-5-9-17)14-7-6-10-22-14/h6-7,10-11,13H,3-5,8-9H2,1-2H3,(H,19,20). The molecule has 1 saturated carbocycles. The summed E-state index contributed by atoms with van der Waals surface area (Å²) in [6.45, 7) is 3.79. The summed E-state index contributed by atoms with van der Waals surface area (Å²) in [4.78, 5) is 18.4. The molecule has 118 valence electrons. The number of aryl methyl sites for hydroxylation is 1. The van der Waals surface area contributed by atoms with Gasteiger partial charge in [-0.05, 0) is 38.1 Å². The summed E-state index contributed by atoms with van der Waals surface area (Å²) in [7, 11) is 0. The lowest BCUT2D eigenvalue weighted by Crippen LogP contribution is -2.46. The molecule has 1 atom stereocenters. The quantitative estimate of drug-likeness (QED) is 0.922. The lowest BCUT2D eigenvalue weighted by atomic mass is 9.72. The van der Waals surface area contributed by atoms with E-state index in [1.807, 2.05) is 19.9 Å². The van der Waals surface area contributed by atoms with Gasteiger partial charge in [0.2, 0.25) is 11.8 Å². The van der Waals surface area contributed by atoms with Crippen molar-refractivity contribution in [3.8, 4) is 0 Å². The summed E-state index contributed by atoms with van der Waals surface area (Å²) in [6.07, 6.45) is 6.98. The molecule has 0 aliphatic heterocycles. The second-order valence-electron chi connectivity index (χ2n) is 6.12. The van der Waals surface area contributed by atoms with E-state index in [-0.39, 0.29) is 17.4 Å².